The van der Waals surface area contributed by atoms with Crippen molar-refractivity contribution in [1.82, 2.24) is 0 Å². The molecule has 1 aromatic carbocycles. The zero-order chi connectivity index (χ0) is 14.9. The van der Waals surface area contributed by atoms with Crippen LogP contribution in [0.15, 0.2) is 34.5 Å². The van der Waals surface area contributed by atoms with Gasteiger partial charge in [-0.2, -0.15) is 0 Å². The monoisotopic (exact) mass is 335 g/mol. The van der Waals surface area contributed by atoms with E-state index in [1.165, 1.54) is 11.4 Å². The topological polar surface area (TPSA) is 83.5 Å². The first kappa shape index (κ1) is 14.8. The van der Waals surface area contributed by atoms with E-state index in [1.54, 1.807) is 0 Å². The van der Waals surface area contributed by atoms with Crippen molar-refractivity contribution in [2.24, 2.45) is 0 Å². The molecule has 0 aliphatic carbocycles. The van der Waals surface area contributed by atoms with Crippen LogP contribution < -0.4 is 4.72 Å². The average Bonchev–Trinajstić information content (AvgIpc) is 2.75. The number of carbonyl (C=O) groups is 1. The van der Waals surface area contributed by atoms with Crippen molar-refractivity contribution >= 4 is 44.6 Å². The standard InChI is InChI=1S/C11H7ClFNO4S2/c12-6-3-7(13)5-8(4-6)14-20(17,18)9-1-2-19-10(9)11(15)16/h1-5,14H,(H,15,16). The van der Waals surface area contributed by atoms with E-state index in [0.29, 0.717) is 0 Å². The molecule has 1 aromatic heterocycles. The Morgan fingerprint density at radius 2 is 2.05 bits per heavy atom. The minimum absolute atomic E-state index is 0.0199. The van der Waals surface area contributed by atoms with E-state index in [0.717, 1.165) is 29.5 Å². The molecule has 0 radical (unpaired) electrons. The number of sulfonamides is 1. The summed E-state index contributed by atoms with van der Waals surface area (Å²) in [7, 11) is -4.12. The van der Waals surface area contributed by atoms with Crippen LogP contribution in [0, 0.1) is 5.82 Å². The summed E-state index contributed by atoms with van der Waals surface area (Å²) in [6.07, 6.45) is 0. The Morgan fingerprint density at radius 1 is 1.35 bits per heavy atom. The molecule has 106 valence electrons. The molecule has 2 aromatic rings. The minimum Gasteiger partial charge on any atom is -0.477 e. The van der Waals surface area contributed by atoms with Crippen molar-refractivity contribution in [1.29, 1.82) is 0 Å². The Kier molecular flexibility index (Phi) is 3.98. The Hall–Kier alpha value is -1.64. The number of thiophene rings is 1. The van der Waals surface area contributed by atoms with Crippen LogP contribution in [0.2, 0.25) is 5.02 Å². The molecule has 0 fully saturated rings. The molecule has 0 amide bonds. The number of rotatable bonds is 4. The molecule has 0 unspecified atom stereocenters. The van der Waals surface area contributed by atoms with Crippen LogP contribution in [0.4, 0.5) is 10.1 Å². The summed E-state index contributed by atoms with van der Waals surface area (Å²) < 4.78 is 39.4. The highest BCUT2D eigenvalue weighted by Gasteiger charge is 2.24. The summed E-state index contributed by atoms with van der Waals surface area (Å²) in [4.78, 5) is 10.2. The summed E-state index contributed by atoms with van der Waals surface area (Å²) in [6.45, 7) is 0. The third-order valence-electron chi connectivity index (χ3n) is 2.23. The first-order chi connectivity index (χ1) is 9.29. The number of anilines is 1. The molecule has 0 aliphatic rings. The van der Waals surface area contributed by atoms with Crippen LogP contribution in [0.3, 0.4) is 0 Å². The van der Waals surface area contributed by atoms with Gasteiger partial charge in [0.15, 0.2) is 0 Å². The summed E-state index contributed by atoms with van der Waals surface area (Å²) in [5, 5.41) is 10.3. The van der Waals surface area contributed by atoms with Crippen LogP contribution in [0.25, 0.3) is 0 Å². The predicted octanol–water partition coefficient (Wildman–Crippen LogP) is 3.04. The molecular formula is C11H7ClFNO4S2. The Bertz CT molecular complexity index is 752. The second-order valence-electron chi connectivity index (χ2n) is 3.68. The van der Waals surface area contributed by atoms with Gasteiger partial charge in [0.25, 0.3) is 10.0 Å². The largest absolute Gasteiger partial charge is 0.477 e. The van der Waals surface area contributed by atoms with Gasteiger partial charge < -0.3 is 5.11 Å². The SMILES string of the molecule is O=C(O)c1sccc1S(=O)(=O)Nc1cc(F)cc(Cl)c1. The van der Waals surface area contributed by atoms with Gasteiger partial charge in [0.1, 0.15) is 15.6 Å². The number of hydrogen-bond acceptors (Lipinski definition) is 4. The molecule has 0 bridgehead atoms. The van der Waals surface area contributed by atoms with Crippen molar-refractivity contribution in [2.45, 2.75) is 4.90 Å². The summed E-state index contributed by atoms with van der Waals surface area (Å²) >= 11 is 6.40. The van der Waals surface area contributed by atoms with Crippen LogP contribution in [-0.2, 0) is 10.0 Å². The predicted molar refractivity (Wildman–Crippen MR) is 73.5 cm³/mol. The fourth-order valence-corrected chi connectivity index (χ4v) is 4.01. The molecule has 2 N–H and O–H groups in total. The first-order valence-corrected chi connectivity index (χ1v) is 7.83. The molecule has 1 heterocycles. The number of hydrogen-bond donors (Lipinski definition) is 2. The number of nitrogens with one attached hydrogen (secondary N) is 1. The van der Waals surface area contributed by atoms with Gasteiger partial charge in [0.2, 0.25) is 0 Å². The number of carboxylic acids is 1. The van der Waals surface area contributed by atoms with E-state index in [1.807, 2.05) is 0 Å². The maximum atomic E-state index is 13.1. The average molecular weight is 336 g/mol. The van der Waals surface area contributed by atoms with Crippen LogP contribution in [0.1, 0.15) is 9.67 Å². The van der Waals surface area contributed by atoms with Crippen LogP contribution in [-0.4, -0.2) is 19.5 Å². The van der Waals surface area contributed by atoms with Crippen molar-refractivity contribution in [3.63, 3.8) is 0 Å². The lowest BCUT2D eigenvalue weighted by atomic mass is 10.3. The number of aromatic carboxylic acids is 1. The maximum Gasteiger partial charge on any atom is 0.347 e. The van der Waals surface area contributed by atoms with Gasteiger partial charge in [-0.25, -0.2) is 17.6 Å². The Balaban J connectivity index is 2.41. The van der Waals surface area contributed by atoms with Crippen molar-refractivity contribution in [3.05, 3.63) is 45.4 Å². The Labute approximate surface area is 122 Å². The van der Waals surface area contributed by atoms with Gasteiger partial charge in [-0.15, -0.1) is 11.3 Å². The van der Waals surface area contributed by atoms with Crippen molar-refractivity contribution in [3.8, 4) is 0 Å². The Morgan fingerprint density at radius 3 is 2.65 bits per heavy atom. The van der Waals surface area contributed by atoms with E-state index < -0.39 is 21.8 Å². The van der Waals surface area contributed by atoms with Crippen LogP contribution >= 0.6 is 22.9 Å². The number of carboxylic acid groups (broad SMARTS) is 1. The van der Waals surface area contributed by atoms with Crippen molar-refractivity contribution in [2.75, 3.05) is 4.72 Å². The van der Waals surface area contributed by atoms with E-state index >= 15 is 0 Å². The number of benzene rings is 1. The molecule has 0 saturated heterocycles. The number of halogens is 2. The third kappa shape index (κ3) is 3.09. The molecule has 0 atom stereocenters. The summed E-state index contributed by atoms with van der Waals surface area (Å²) in [5.74, 6) is -2.06. The van der Waals surface area contributed by atoms with E-state index in [2.05, 4.69) is 4.72 Å². The molecule has 9 heteroatoms. The maximum absolute atomic E-state index is 13.1. The van der Waals surface area contributed by atoms with Gasteiger partial charge in [-0.05, 0) is 29.6 Å². The molecular weight excluding hydrogens is 329 g/mol. The van der Waals surface area contributed by atoms with E-state index in [4.69, 9.17) is 16.7 Å². The zero-order valence-corrected chi connectivity index (χ0v) is 12.0. The first-order valence-electron chi connectivity index (χ1n) is 5.09. The second kappa shape index (κ2) is 5.39. The normalized spacial score (nSPS) is 11.3. The lowest BCUT2D eigenvalue weighted by Crippen LogP contribution is -2.15. The summed E-state index contributed by atoms with van der Waals surface area (Å²) in [6, 6.07) is 4.34. The second-order valence-corrected chi connectivity index (χ2v) is 6.69. The van der Waals surface area contributed by atoms with E-state index in [9.17, 15) is 17.6 Å². The van der Waals surface area contributed by atoms with Gasteiger partial charge in [-0.1, -0.05) is 11.6 Å². The highest BCUT2D eigenvalue weighted by molar-refractivity contribution is 7.93. The molecule has 5 nitrogen and oxygen atoms in total. The molecule has 20 heavy (non-hydrogen) atoms. The van der Waals surface area contributed by atoms with Gasteiger partial charge in [0.05, 0.1) is 5.69 Å². The highest BCUT2D eigenvalue weighted by atomic mass is 35.5. The van der Waals surface area contributed by atoms with Crippen LogP contribution in [0.5, 0.6) is 0 Å². The zero-order valence-electron chi connectivity index (χ0n) is 9.63. The fourth-order valence-electron chi connectivity index (χ4n) is 1.49. The quantitative estimate of drug-likeness (QED) is 0.899. The molecule has 2 rings (SSSR count). The van der Waals surface area contributed by atoms with E-state index in [-0.39, 0.29) is 20.5 Å². The van der Waals surface area contributed by atoms with Crippen molar-refractivity contribution < 1.29 is 22.7 Å². The smallest absolute Gasteiger partial charge is 0.347 e. The highest BCUT2D eigenvalue weighted by Crippen LogP contribution is 2.26. The molecule has 0 saturated carbocycles. The summed E-state index contributed by atoms with van der Waals surface area (Å²) in [5.41, 5.74) is -0.0856. The lowest BCUT2D eigenvalue weighted by Gasteiger charge is -2.08. The minimum atomic E-state index is -4.12. The third-order valence-corrected chi connectivity index (χ3v) is 4.90. The van der Waals surface area contributed by atoms with Gasteiger partial charge in [0, 0.05) is 5.02 Å². The lowest BCUT2D eigenvalue weighted by molar-refractivity contribution is 0.0698. The molecule has 0 aliphatic heterocycles. The fraction of sp³-hybridized carbons (Fsp3) is 0. The molecule has 0 spiro atoms. The van der Waals surface area contributed by atoms with Gasteiger partial charge >= 0.3 is 5.97 Å². The van der Waals surface area contributed by atoms with Gasteiger partial charge in [-0.3, -0.25) is 4.72 Å².